The van der Waals surface area contributed by atoms with Crippen molar-refractivity contribution in [3.63, 3.8) is 0 Å². The van der Waals surface area contributed by atoms with E-state index in [2.05, 4.69) is 5.32 Å². The molecule has 21 heavy (non-hydrogen) atoms. The molecule has 5 nitrogen and oxygen atoms in total. The van der Waals surface area contributed by atoms with Crippen molar-refractivity contribution < 1.29 is 9.90 Å². The van der Waals surface area contributed by atoms with Crippen LogP contribution in [-0.2, 0) is 10.2 Å². The zero-order valence-corrected chi connectivity index (χ0v) is 13.0. The van der Waals surface area contributed by atoms with Gasteiger partial charge in [0.25, 0.3) is 0 Å². The summed E-state index contributed by atoms with van der Waals surface area (Å²) in [6.45, 7) is 2.49. The highest BCUT2D eigenvalue weighted by molar-refractivity contribution is 5.91. The second kappa shape index (κ2) is 5.66. The van der Waals surface area contributed by atoms with E-state index in [1.807, 2.05) is 43.3 Å². The van der Waals surface area contributed by atoms with Crippen LogP contribution in [-0.4, -0.2) is 48.7 Å². The maximum Gasteiger partial charge on any atom is 0.230 e. The molecule has 2 rings (SSSR count). The van der Waals surface area contributed by atoms with Crippen molar-refractivity contribution in [2.75, 3.05) is 32.9 Å². The van der Waals surface area contributed by atoms with Gasteiger partial charge in [0, 0.05) is 18.8 Å². The summed E-state index contributed by atoms with van der Waals surface area (Å²) in [6.07, 6.45) is 1.69. The molecule has 1 aliphatic rings. The monoisotopic (exact) mass is 291 g/mol. The first kappa shape index (κ1) is 15.8. The van der Waals surface area contributed by atoms with Gasteiger partial charge >= 0.3 is 0 Å². The Hall–Kier alpha value is -1.59. The summed E-state index contributed by atoms with van der Waals surface area (Å²) < 4.78 is 0. The van der Waals surface area contributed by atoms with Crippen molar-refractivity contribution >= 4 is 11.6 Å². The number of nitrogens with two attached hydrogens (primary N) is 1. The quantitative estimate of drug-likeness (QED) is 0.675. The molecule has 0 radical (unpaired) electrons. The number of amides is 1. The third-order valence-corrected chi connectivity index (χ3v) is 3.93. The van der Waals surface area contributed by atoms with Crippen LogP contribution in [0.25, 0.3) is 0 Å². The highest BCUT2D eigenvalue weighted by atomic mass is 16.3. The molecule has 0 heterocycles. The lowest BCUT2D eigenvalue weighted by Crippen LogP contribution is -2.49. The lowest BCUT2D eigenvalue weighted by atomic mass is 9.94. The molecule has 0 bridgehead atoms. The average Bonchev–Trinajstić information content (AvgIpc) is 3.17. The van der Waals surface area contributed by atoms with Gasteiger partial charge in [0.2, 0.25) is 5.91 Å². The standard InChI is InChI=1S/C16H25N3O2/c1-15(21,11-19(2)3)10-18-14(20)16(8-9-16)12-4-6-13(17)7-5-12/h4-7,21H,8-11,17H2,1-3H3,(H,18,20). The molecule has 1 atom stereocenters. The van der Waals surface area contributed by atoms with Gasteiger partial charge in [-0.1, -0.05) is 12.1 Å². The Morgan fingerprint density at radius 3 is 2.43 bits per heavy atom. The number of hydrogen-bond acceptors (Lipinski definition) is 4. The average molecular weight is 291 g/mol. The molecule has 0 spiro atoms. The molecular weight excluding hydrogens is 266 g/mol. The van der Waals surface area contributed by atoms with Crippen LogP contribution in [0.4, 0.5) is 5.69 Å². The van der Waals surface area contributed by atoms with Crippen LogP contribution in [0.15, 0.2) is 24.3 Å². The molecule has 1 fully saturated rings. The molecule has 0 aliphatic heterocycles. The fourth-order valence-corrected chi connectivity index (χ4v) is 2.75. The van der Waals surface area contributed by atoms with Crippen LogP contribution in [0.2, 0.25) is 0 Å². The van der Waals surface area contributed by atoms with E-state index in [9.17, 15) is 9.90 Å². The molecular formula is C16H25N3O2. The molecule has 1 unspecified atom stereocenters. The Labute approximate surface area is 126 Å². The van der Waals surface area contributed by atoms with Gasteiger partial charge in [-0.05, 0) is 51.6 Å². The fourth-order valence-electron chi connectivity index (χ4n) is 2.75. The van der Waals surface area contributed by atoms with Gasteiger partial charge in [0.05, 0.1) is 11.0 Å². The number of aliphatic hydroxyl groups is 1. The van der Waals surface area contributed by atoms with E-state index in [0.29, 0.717) is 12.2 Å². The molecule has 1 saturated carbocycles. The zero-order chi connectivity index (χ0) is 15.7. The highest BCUT2D eigenvalue weighted by Crippen LogP contribution is 2.48. The van der Waals surface area contributed by atoms with Crippen LogP contribution in [0.1, 0.15) is 25.3 Å². The number of nitrogen functional groups attached to an aromatic ring is 1. The van der Waals surface area contributed by atoms with Crippen LogP contribution < -0.4 is 11.1 Å². The summed E-state index contributed by atoms with van der Waals surface area (Å²) in [5, 5.41) is 13.2. The normalized spacial score (nSPS) is 19.1. The number of anilines is 1. The minimum Gasteiger partial charge on any atom is -0.399 e. The minimum absolute atomic E-state index is 0.00805. The Balaban J connectivity index is 1.99. The Morgan fingerprint density at radius 2 is 1.95 bits per heavy atom. The molecule has 0 aromatic heterocycles. The molecule has 1 amide bonds. The Kier molecular flexibility index (Phi) is 4.25. The van der Waals surface area contributed by atoms with Crippen molar-refractivity contribution in [3.8, 4) is 0 Å². The summed E-state index contributed by atoms with van der Waals surface area (Å²) in [5.74, 6) is -0.00805. The smallest absolute Gasteiger partial charge is 0.230 e. The van der Waals surface area contributed by atoms with Gasteiger partial charge < -0.3 is 21.1 Å². The first-order valence-electron chi connectivity index (χ1n) is 7.27. The van der Waals surface area contributed by atoms with E-state index in [1.54, 1.807) is 6.92 Å². The number of likely N-dealkylation sites (N-methyl/N-ethyl adjacent to an activating group) is 1. The SMILES string of the molecule is CN(C)CC(C)(O)CNC(=O)C1(c2ccc(N)cc2)CC1. The second-order valence-corrected chi connectivity index (χ2v) is 6.62. The zero-order valence-electron chi connectivity index (χ0n) is 13.0. The van der Waals surface area contributed by atoms with Gasteiger partial charge in [-0.2, -0.15) is 0 Å². The summed E-state index contributed by atoms with van der Waals surface area (Å²) in [6, 6.07) is 7.48. The summed E-state index contributed by atoms with van der Waals surface area (Å²) >= 11 is 0. The number of hydrogen-bond donors (Lipinski definition) is 3. The molecule has 0 saturated heterocycles. The summed E-state index contributed by atoms with van der Waals surface area (Å²) in [4.78, 5) is 14.4. The van der Waals surface area contributed by atoms with Crippen molar-refractivity contribution in [2.45, 2.75) is 30.8 Å². The number of carbonyl (C=O) groups is 1. The van der Waals surface area contributed by atoms with E-state index < -0.39 is 11.0 Å². The van der Waals surface area contributed by atoms with Gasteiger partial charge in [0.1, 0.15) is 0 Å². The van der Waals surface area contributed by atoms with Crippen LogP contribution in [0, 0.1) is 0 Å². The number of nitrogens with zero attached hydrogens (tertiary/aromatic N) is 1. The predicted molar refractivity (Wildman–Crippen MR) is 84.0 cm³/mol. The summed E-state index contributed by atoms with van der Waals surface area (Å²) in [5.41, 5.74) is 6.03. The van der Waals surface area contributed by atoms with E-state index in [1.165, 1.54) is 0 Å². The highest BCUT2D eigenvalue weighted by Gasteiger charge is 2.51. The van der Waals surface area contributed by atoms with Gasteiger partial charge in [-0.3, -0.25) is 4.79 Å². The van der Waals surface area contributed by atoms with Crippen molar-refractivity contribution in [2.24, 2.45) is 0 Å². The molecule has 5 heteroatoms. The van der Waals surface area contributed by atoms with Gasteiger partial charge in [-0.15, -0.1) is 0 Å². The van der Waals surface area contributed by atoms with Crippen LogP contribution >= 0.6 is 0 Å². The lowest BCUT2D eigenvalue weighted by molar-refractivity contribution is -0.124. The molecule has 116 valence electrons. The van der Waals surface area contributed by atoms with Crippen molar-refractivity contribution in [3.05, 3.63) is 29.8 Å². The first-order chi connectivity index (χ1) is 9.75. The van der Waals surface area contributed by atoms with E-state index >= 15 is 0 Å². The first-order valence-corrected chi connectivity index (χ1v) is 7.27. The van der Waals surface area contributed by atoms with Crippen molar-refractivity contribution in [1.29, 1.82) is 0 Å². The number of nitrogens with one attached hydrogen (secondary N) is 1. The summed E-state index contributed by atoms with van der Waals surface area (Å²) in [7, 11) is 3.79. The van der Waals surface area contributed by atoms with E-state index in [-0.39, 0.29) is 12.5 Å². The molecule has 4 N–H and O–H groups in total. The third-order valence-electron chi connectivity index (χ3n) is 3.93. The van der Waals surface area contributed by atoms with Crippen molar-refractivity contribution in [1.82, 2.24) is 10.2 Å². The largest absolute Gasteiger partial charge is 0.399 e. The van der Waals surface area contributed by atoms with Gasteiger partial charge in [0.15, 0.2) is 0 Å². The molecule has 1 aromatic carbocycles. The van der Waals surface area contributed by atoms with Gasteiger partial charge in [-0.25, -0.2) is 0 Å². The molecule has 1 aromatic rings. The Morgan fingerprint density at radius 1 is 1.38 bits per heavy atom. The topological polar surface area (TPSA) is 78.6 Å². The number of rotatable bonds is 6. The number of carbonyl (C=O) groups excluding carboxylic acids is 1. The second-order valence-electron chi connectivity index (χ2n) is 6.62. The number of benzene rings is 1. The van der Waals surface area contributed by atoms with Crippen LogP contribution in [0.3, 0.4) is 0 Å². The maximum absolute atomic E-state index is 12.5. The third kappa shape index (κ3) is 3.74. The minimum atomic E-state index is -0.934. The van der Waals surface area contributed by atoms with E-state index in [4.69, 9.17) is 5.73 Å². The predicted octanol–water partition coefficient (Wildman–Crippen LogP) is 0.729. The fraction of sp³-hybridized carbons (Fsp3) is 0.562. The van der Waals surface area contributed by atoms with E-state index in [0.717, 1.165) is 18.4 Å². The Bertz CT molecular complexity index is 505. The maximum atomic E-state index is 12.5. The lowest BCUT2D eigenvalue weighted by Gasteiger charge is -2.28. The van der Waals surface area contributed by atoms with Crippen LogP contribution in [0.5, 0.6) is 0 Å². The molecule has 1 aliphatic carbocycles.